The second kappa shape index (κ2) is 7.39. The average molecular weight is 364 g/mol. The van der Waals surface area contributed by atoms with Gasteiger partial charge in [0.25, 0.3) is 0 Å². The minimum atomic E-state index is -4.14. The zero-order valence-corrected chi connectivity index (χ0v) is 14.7. The fourth-order valence-electron chi connectivity index (χ4n) is 1.87. The molecule has 1 aromatic carbocycles. The van der Waals surface area contributed by atoms with Crippen molar-refractivity contribution in [2.24, 2.45) is 0 Å². The van der Waals surface area contributed by atoms with Crippen LogP contribution in [0.1, 0.15) is 20.8 Å². The van der Waals surface area contributed by atoms with Crippen LogP contribution in [0.15, 0.2) is 34.1 Å². The predicted octanol–water partition coefficient (Wildman–Crippen LogP) is 0.469. The van der Waals surface area contributed by atoms with Crippen molar-refractivity contribution in [3.8, 4) is 0 Å². The minimum Gasteiger partial charge on any atom is -0.480 e. The van der Waals surface area contributed by atoms with Crippen LogP contribution in [0.4, 0.5) is 0 Å². The molecule has 0 fully saturated rings. The van der Waals surface area contributed by atoms with Gasteiger partial charge in [-0.25, -0.2) is 16.8 Å². The maximum absolute atomic E-state index is 12.4. The number of aliphatic carboxylic acids is 1. The lowest BCUT2D eigenvalue weighted by atomic mass is 10.4. The van der Waals surface area contributed by atoms with E-state index in [-0.39, 0.29) is 22.9 Å². The van der Waals surface area contributed by atoms with Gasteiger partial charge in [-0.15, -0.1) is 0 Å². The highest BCUT2D eigenvalue weighted by Crippen LogP contribution is 2.19. The highest BCUT2D eigenvalue weighted by molar-refractivity contribution is 7.90. The Bertz CT molecular complexity index is 769. The van der Waals surface area contributed by atoms with E-state index in [0.29, 0.717) is 0 Å². The van der Waals surface area contributed by atoms with Gasteiger partial charge in [0.1, 0.15) is 6.04 Å². The molecule has 0 bridgehead atoms. The average Bonchev–Trinajstić information content (AvgIpc) is 2.47. The Morgan fingerprint density at radius 3 is 2.17 bits per heavy atom. The van der Waals surface area contributed by atoms with Gasteiger partial charge in [0.2, 0.25) is 20.0 Å². The van der Waals surface area contributed by atoms with Gasteiger partial charge in [-0.1, -0.05) is 19.9 Å². The summed E-state index contributed by atoms with van der Waals surface area (Å²) in [5.74, 6) is -1.33. The third-order valence-corrected chi connectivity index (χ3v) is 6.75. The topological polar surface area (TPSA) is 121 Å². The predicted molar refractivity (Wildman–Crippen MR) is 84.0 cm³/mol. The fourth-order valence-corrected chi connectivity index (χ4v) is 4.69. The highest BCUT2D eigenvalue weighted by atomic mass is 32.2. The van der Waals surface area contributed by atoms with E-state index in [1.165, 1.54) is 29.4 Å². The summed E-state index contributed by atoms with van der Waals surface area (Å²) in [7, 11) is -7.94. The van der Waals surface area contributed by atoms with Gasteiger partial charge in [0, 0.05) is 13.1 Å². The number of carboxylic acid groups (broad SMARTS) is 1. The van der Waals surface area contributed by atoms with Crippen LogP contribution in [0.5, 0.6) is 0 Å². The number of rotatable bonds is 8. The number of carboxylic acids is 1. The molecule has 1 aromatic rings. The van der Waals surface area contributed by atoms with E-state index >= 15 is 0 Å². The van der Waals surface area contributed by atoms with Gasteiger partial charge in [-0.3, -0.25) is 4.79 Å². The number of nitrogens with one attached hydrogen (secondary N) is 1. The van der Waals surface area contributed by atoms with Gasteiger partial charge in [0.05, 0.1) is 9.79 Å². The Kier molecular flexibility index (Phi) is 6.28. The standard InChI is InChI=1S/C13H20N2O6S2/c1-4-15(5-2)23(20,21)12-8-6-7-11(9-12)22(18,19)14-10(3)13(16)17/h6-10,14H,4-5H2,1-3H3,(H,16,17). The van der Waals surface area contributed by atoms with Crippen molar-refractivity contribution in [1.82, 2.24) is 9.03 Å². The van der Waals surface area contributed by atoms with Gasteiger partial charge in [-0.2, -0.15) is 9.03 Å². The number of hydrogen-bond acceptors (Lipinski definition) is 5. The molecule has 10 heteroatoms. The Morgan fingerprint density at radius 1 is 1.17 bits per heavy atom. The van der Waals surface area contributed by atoms with E-state index in [1.807, 2.05) is 4.72 Å². The molecule has 1 atom stereocenters. The van der Waals surface area contributed by atoms with Crippen LogP contribution >= 0.6 is 0 Å². The third-order valence-electron chi connectivity index (χ3n) is 3.16. The van der Waals surface area contributed by atoms with E-state index in [9.17, 15) is 21.6 Å². The second-order valence-corrected chi connectivity index (χ2v) is 8.40. The van der Waals surface area contributed by atoms with E-state index in [4.69, 9.17) is 5.11 Å². The van der Waals surface area contributed by atoms with E-state index in [1.54, 1.807) is 13.8 Å². The molecule has 0 aliphatic rings. The molecule has 1 rings (SSSR count). The summed E-state index contributed by atoms with van der Waals surface area (Å²) in [5.41, 5.74) is 0. The first-order valence-corrected chi connectivity index (χ1v) is 9.84. The van der Waals surface area contributed by atoms with E-state index < -0.39 is 32.1 Å². The smallest absolute Gasteiger partial charge is 0.321 e. The molecule has 130 valence electrons. The van der Waals surface area contributed by atoms with Crippen LogP contribution in [-0.4, -0.2) is 51.3 Å². The van der Waals surface area contributed by atoms with Crippen molar-refractivity contribution in [3.63, 3.8) is 0 Å². The Balaban J connectivity index is 3.27. The third kappa shape index (κ3) is 4.50. The van der Waals surface area contributed by atoms with Crippen molar-refractivity contribution >= 4 is 26.0 Å². The first-order valence-electron chi connectivity index (χ1n) is 6.91. The molecule has 0 aliphatic carbocycles. The van der Waals surface area contributed by atoms with Crippen molar-refractivity contribution in [2.75, 3.05) is 13.1 Å². The number of nitrogens with zero attached hydrogens (tertiary/aromatic N) is 1. The van der Waals surface area contributed by atoms with Gasteiger partial charge in [0.15, 0.2) is 0 Å². The zero-order chi connectivity index (χ0) is 17.8. The molecule has 0 aliphatic heterocycles. The lowest BCUT2D eigenvalue weighted by Gasteiger charge is -2.19. The maximum atomic E-state index is 12.4. The molecule has 0 amide bonds. The van der Waals surface area contributed by atoms with Crippen LogP contribution in [0.2, 0.25) is 0 Å². The summed E-state index contributed by atoms with van der Waals surface area (Å²) < 4.78 is 52.3. The van der Waals surface area contributed by atoms with Crippen molar-refractivity contribution < 1.29 is 26.7 Å². The van der Waals surface area contributed by atoms with Crippen LogP contribution < -0.4 is 4.72 Å². The Morgan fingerprint density at radius 2 is 1.70 bits per heavy atom. The molecular formula is C13H20N2O6S2. The van der Waals surface area contributed by atoms with Crippen molar-refractivity contribution in [3.05, 3.63) is 24.3 Å². The minimum absolute atomic E-state index is 0.160. The molecule has 0 aromatic heterocycles. The van der Waals surface area contributed by atoms with Crippen LogP contribution in [0.25, 0.3) is 0 Å². The summed E-state index contributed by atoms with van der Waals surface area (Å²) in [5, 5.41) is 8.78. The monoisotopic (exact) mass is 364 g/mol. The number of benzene rings is 1. The molecule has 1 unspecified atom stereocenters. The Labute approximate surface area is 136 Å². The van der Waals surface area contributed by atoms with Gasteiger partial charge >= 0.3 is 5.97 Å². The molecular weight excluding hydrogens is 344 g/mol. The van der Waals surface area contributed by atoms with E-state index in [2.05, 4.69) is 0 Å². The molecule has 23 heavy (non-hydrogen) atoms. The van der Waals surface area contributed by atoms with Crippen LogP contribution in [0, 0.1) is 0 Å². The molecule has 0 spiro atoms. The quantitative estimate of drug-likeness (QED) is 0.692. The summed E-state index contributed by atoms with van der Waals surface area (Å²) in [6, 6.07) is 3.50. The highest BCUT2D eigenvalue weighted by Gasteiger charge is 2.26. The molecule has 0 saturated heterocycles. The molecule has 2 N–H and O–H groups in total. The SMILES string of the molecule is CCN(CC)S(=O)(=O)c1cccc(S(=O)(=O)NC(C)C(=O)O)c1. The lowest BCUT2D eigenvalue weighted by molar-refractivity contribution is -0.138. The largest absolute Gasteiger partial charge is 0.480 e. The van der Waals surface area contributed by atoms with Gasteiger partial charge < -0.3 is 5.11 Å². The first-order chi connectivity index (χ1) is 10.6. The fraction of sp³-hybridized carbons (Fsp3) is 0.462. The molecule has 0 heterocycles. The van der Waals surface area contributed by atoms with Crippen LogP contribution in [0.3, 0.4) is 0 Å². The second-order valence-electron chi connectivity index (χ2n) is 4.75. The summed E-state index contributed by atoms with van der Waals surface area (Å²) in [6.07, 6.45) is 0. The lowest BCUT2D eigenvalue weighted by Crippen LogP contribution is -2.38. The first kappa shape index (κ1) is 19.6. The summed E-state index contributed by atoms with van der Waals surface area (Å²) in [6.45, 7) is 5.04. The summed E-state index contributed by atoms with van der Waals surface area (Å²) >= 11 is 0. The Hall–Kier alpha value is -1.49. The molecule has 0 saturated carbocycles. The molecule has 8 nitrogen and oxygen atoms in total. The normalized spacial score (nSPS) is 13.9. The van der Waals surface area contributed by atoms with E-state index in [0.717, 1.165) is 6.07 Å². The van der Waals surface area contributed by atoms with Crippen LogP contribution in [-0.2, 0) is 24.8 Å². The number of carbonyl (C=O) groups is 1. The van der Waals surface area contributed by atoms with Crippen molar-refractivity contribution in [2.45, 2.75) is 36.6 Å². The van der Waals surface area contributed by atoms with Gasteiger partial charge in [-0.05, 0) is 25.1 Å². The number of sulfonamides is 2. The zero-order valence-electron chi connectivity index (χ0n) is 13.1. The van der Waals surface area contributed by atoms with Crippen molar-refractivity contribution in [1.29, 1.82) is 0 Å². The maximum Gasteiger partial charge on any atom is 0.321 e. The summed E-state index contributed by atoms with van der Waals surface area (Å²) in [4.78, 5) is 10.3. The number of hydrogen-bond donors (Lipinski definition) is 2. The molecule has 0 radical (unpaired) electrons.